The summed E-state index contributed by atoms with van der Waals surface area (Å²) in [7, 11) is 3.92. The summed E-state index contributed by atoms with van der Waals surface area (Å²) in [5, 5.41) is 11.5. The molecule has 0 spiro atoms. The number of guanidine groups is 1. The summed E-state index contributed by atoms with van der Waals surface area (Å²) >= 11 is 0. The maximum absolute atomic E-state index is 5.47. The van der Waals surface area contributed by atoms with Gasteiger partial charge >= 0.3 is 0 Å². The summed E-state index contributed by atoms with van der Waals surface area (Å²) in [6, 6.07) is 12.7. The molecule has 3 heterocycles. The van der Waals surface area contributed by atoms with Gasteiger partial charge in [0.2, 0.25) is 0 Å². The third-order valence-corrected chi connectivity index (χ3v) is 5.54. The molecule has 0 fully saturated rings. The van der Waals surface area contributed by atoms with Crippen LogP contribution in [-0.2, 0) is 32.6 Å². The summed E-state index contributed by atoms with van der Waals surface area (Å²) in [6.45, 7) is 5.10. The quantitative estimate of drug-likeness (QED) is 0.451. The molecule has 1 aromatic carbocycles. The number of hydrogen-bond acceptors (Lipinski definition) is 5. The average molecular weight is 422 g/mol. The van der Waals surface area contributed by atoms with Crippen molar-refractivity contribution < 1.29 is 4.42 Å². The van der Waals surface area contributed by atoms with Crippen LogP contribution >= 0.6 is 0 Å². The summed E-state index contributed by atoms with van der Waals surface area (Å²) in [5.41, 5.74) is 2.55. The molecule has 1 atom stereocenters. The van der Waals surface area contributed by atoms with Crippen LogP contribution in [-0.4, -0.2) is 45.8 Å². The highest BCUT2D eigenvalue weighted by Crippen LogP contribution is 2.15. The second-order valence-corrected chi connectivity index (χ2v) is 8.08. The molecule has 0 bridgehead atoms. The van der Waals surface area contributed by atoms with Crippen molar-refractivity contribution in [2.24, 2.45) is 4.99 Å². The monoisotopic (exact) mass is 421 g/mol. The Labute approximate surface area is 183 Å². The summed E-state index contributed by atoms with van der Waals surface area (Å²) in [6.07, 6.45) is 3.67. The van der Waals surface area contributed by atoms with E-state index in [4.69, 9.17) is 4.42 Å². The van der Waals surface area contributed by atoms with E-state index in [1.807, 2.05) is 30.8 Å². The van der Waals surface area contributed by atoms with E-state index in [2.05, 4.69) is 61.9 Å². The topological polar surface area (TPSA) is 83.5 Å². The second kappa shape index (κ2) is 9.78. The highest BCUT2D eigenvalue weighted by molar-refractivity contribution is 5.80. The average Bonchev–Trinajstić information content (AvgIpc) is 3.40. The lowest BCUT2D eigenvalue weighted by molar-refractivity contribution is 0.287. The summed E-state index contributed by atoms with van der Waals surface area (Å²) < 4.78 is 7.48. The van der Waals surface area contributed by atoms with Crippen molar-refractivity contribution in [3.63, 3.8) is 0 Å². The Hall–Kier alpha value is -3.13. The van der Waals surface area contributed by atoms with Gasteiger partial charge in [-0.3, -0.25) is 9.89 Å². The largest absolute Gasteiger partial charge is 0.468 e. The molecule has 4 rings (SSSR count). The number of benzene rings is 1. The van der Waals surface area contributed by atoms with Gasteiger partial charge in [0.15, 0.2) is 5.96 Å². The van der Waals surface area contributed by atoms with E-state index in [0.29, 0.717) is 6.54 Å². The second-order valence-electron chi connectivity index (χ2n) is 8.08. The van der Waals surface area contributed by atoms with Crippen molar-refractivity contribution >= 4 is 5.96 Å². The van der Waals surface area contributed by atoms with Crippen LogP contribution < -0.4 is 10.6 Å². The number of aryl methyl sites for hydroxylation is 2. The molecule has 8 nitrogen and oxygen atoms in total. The van der Waals surface area contributed by atoms with E-state index in [0.717, 1.165) is 55.8 Å². The van der Waals surface area contributed by atoms with Gasteiger partial charge < -0.3 is 15.1 Å². The molecule has 8 heteroatoms. The first-order valence-corrected chi connectivity index (χ1v) is 10.8. The molecular formula is C23H31N7O. The highest BCUT2D eigenvalue weighted by Gasteiger charge is 2.21. The normalized spacial score (nSPS) is 16.4. The molecule has 3 aromatic rings. The maximum atomic E-state index is 5.47. The zero-order chi connectivity index (χ0) is 21.6. The third kappa shape index (κ3) is 5.52. The lowest BCUT2D eigenvalue weighted by atomic mass is 10.1. The smallest absolute Gasteiger partial charge is 0.191 e. The molecule has 1 aliphatic heterocycles. The van der Waals surface area contributed by atoms with Gasteiger partial charge in [0.1, 0.15) is 17.4 Å². The van der Waals surface area contributed by atoms with Gasteiger partial charge in [-0.2, -0.15) is 5.10 Å². The van der Waals surface area contributed by atoms with Crippen molar-refractivity contribution in [3.05, 3.63) is 71.2 Å². The van der Waals surface area contributed by atoms with Gasteiger partial charge in [0.25, 0.3) is 0 Å². The molecule has 0 radical (unpaired) electrons. The van der Waals surface area contributed by atoms with Gasteiger partial charge in [-0.1, -0.05) is 24.3 Å². The van der Waals surface area contributed by atoms with Crippen molar-refractivity contribution in [1.82, 2.24) is 30.3 Å². The first-order valence-electron chi connectivity index (χ1n) is 10.8. The SMILES string of the molecule is CN=C(NCc1ccccc1CN(C)Cc1ccco1)NC1CCc2nc(C)nn2C1. The van der Waals surface area contributed by atoms with Crippen LogP contribution in [0.3, 0.4) is 0 Å². The van der Waals surface area contributed by atoms with Gasteiger partial charge in [-0.05, 0) is 43.7 Å². The van der Waals surface area contributed by atoms with E-state index in [1.165, 1.54) is 11.1 Å². The summed E-state index contributed by atoms with van der Waals surface area (Å²) in [5.74, 6) is 3.70. The Morgan fingerprint density at radius 2 is 2.06 bits per heavy atom. The first kappa shape index (κ1) is 21.1. The number of nitrogens with zero attached hydrogens (tertiary/aromatic N) is 5. The number of furan rings is 1. The molecule has 0 saturated carbocycles. The fourth-order valence-corrected chi connectivity index (χ4v) is 4.02. The minimum atomic E-state index is 0.287. The molecule has 1 aliphatic rings. The number of aliphatic imine (C=N–C) groups is 1. The van der Waals surface area contributed by atoms with E-state index >= 15 is 0 Å². The lowest BCUT2D eigenvalue weighted by Gasteiger charge is -2.25. The Morgan fingerprint density at radius 1 is 1.23 bits per heavy atom. The Kier molecular flexibility index (Phi) is 6.66. The Balaban J connectivity index is 1.32. The molecule has 0 amide bonds. The van der Waals surface area contributed by atoms with Crippen LogP contribution in [0.25, 0.3) is 0 Å². The highest BCUT2D eigenvalue weighted by atomic mass is 16.3. The lowest BCUT2D eigenvalue weighted by Crippen LogP contribution is -2.46. The zero-order valence-electron chi connectivity index (χ0n) is 18.5. The van der Waals surface area contributed by atoms with Crippen LogP contribution in [0.4, 0.5) is 0 Å². The van der Waals surface area contributed by atoms with E-state index in [1.54, 1.807) is 6.26 Å². The fourth-order valence-electron chi connectivity index (χ4n) is 4.02. The minimum Gasteiger partial charge on any atom is -0.468 e. The number of rotatable bonds is 7. The van der Waals surface area contributed by atoms with Gasteiger partial charge in [-0.15, -0.1) is 0 Å². The molecule has 2 N–H and O–H groups in total. The third-order valence-electron chi connectivity index (χ3n) is 5.54. The maximum Gasteiger partial charge on any atom is 0.191 e. The minimum absolute atomic E-state index is 0.287. The van der Waals surface area contributed by atoms with Crippen molar-refractivity contribution in [3.8, 4) is 0 Å². The standard InChI is InChI=1S/C23H31N7O/c1-17-26-22-11-10-20(15-30(22)28-17)27-23(24-2)25-13-18-7-4-5-8-19(18)14-29(3)16-21-9-6-12-31-21/h4-9,12,20H,10-11,13-16H2,1-3H3,(H2,24,25,27). The van der Waals surface area contributed by atoms with Crippen LogP contribution in [0.1, 0.15) is 35.0 Å². The van der Waals surface area contributed by atoms with E-state index < -0.39 is 0 Å². The Morgan fingerprint density at radius 3 is 2.84 bits per heavy atom. The Bertz CT molecular complexity index is 1010. The number of aromatic nitrogens is 3. The predicted molar refractivity (Wildman–Crippen MR) is 121 cm³/mol. The van der Waals surface area contributed by atoms with Crippen LogP contribution in [0.5, 0.6) is 0 Å². The summed E-state index contributed by atoms with van der Waals surface area (Å²) in [4.78, 5) is 11.2. The number of nitrogens with one attached hydrogen (secondary N) is 2. The van der Waals surface area contributed by atoms with Crippen LogP contribution in [0.15, 0.2) is 52.1 Å². The van der Waals surface area contributed by atoms with Crippen LogP contribution in [0, 0.1) is 6.92 Å². The molecule has 164 valence electrons. The van der Waals surface area contributed by atoms with E-state index in [-0.39, 0.29) is 6.04 Å². The van der Waals surface area contributed by atoms with Crippen molar-refractivity contribution in [1.29, 1.82) is 0 Å². The predicted octanol–water partition coefficient (Wildman–Crippen LogP) is 2.49. The number of fused-ring (bicyclic) bond motifs is 1. The molecule has 31 heavy (non-hydrogen) atoms. The van der Waals surface area contributed by atoms with Crippen molar-refractivity contribution in [2.45, 2.75) is 52.0 Å². The molecule has 2 aromatic heterocycles. The van der Waals surface area contributed by atoms with Gasteiger partial charge in [-0.25, -0.2) is 9.67 Å². The molecular weight excluding hydrogens is 390 g/mol. The molecule has 0 aliphatic carbocycles. The van der Waals surface area contributed by atoms with Gasteiger partial charge in [0.05, 0.1) is 19.4 Å². The molecule has 0 saturated heterocycles. The van der Waals surface area contributed by atoms with Gasteiger partial charge in [0, 0.05) is 32.6 Å². The van der Waals surface area contributed by atoms with Crippen LogP contribution in [0.2, 0.25) is 0 Å². The van der Waals surface area contributed by atoms with E-state index in [9.17, 15) is 0 Å². The fraction of sp³-hybridized carbons (Fsp3) is 0.435. The molecule has 1 unspecified atom stereocenters. The van der Waals surface area contributed by atoms with Crippen molar-refractivity contribution in [2.75, 3.05) is 14.1 Å². The first-order chi connectivity index (χ1) is 15.1. The number of hydrogen-bond donors (Lipinski definition) is 2. The zero-order valence-corrected chi connectivity index (χ0v) is 18.5.